The third-order valence-electron chi connectivity index (χ3n) is 3.66. The second-order valence-corrected chi connectivity index (χ2v) is 7.22. The van der Waals surface area contributed by atoms with Gasteiger partial charge in [0.15, 0.2) is 4.67 Å². The molecule has 0 saturated heterocycles. The minimum atomic E-state index is -0.181. The van der Waals surface area contributed by atoms with Crippen molar-refractivity contribution in [2.24, 2.45) is 0 Å². The van der Waals surface area contributed by atoms with Gasteiger partial charge in [-0.25, -0.2) is 4.98 Å². The van der Waals surface area contributed by atoms with Crippen molar-refractivity contribution in [3.63, 3.8) is 0 Å². The predicted molar refractivity (Wildman–Crippen MR) is 105 cm³/mol. The number of nitrogens with zero attached hydrogens (tertiary/aromatic N) is 1. The van der Waals surface area contributed by atoms with Gasteiger partial charge in [-0.3, -0.25) is 4.79 Å². The summed E-state index contributed by atoms with van der Waals surface area (Å²) in [7, 11) is 0. The fourth-order valence-corrected chi connectivity index (χ4v) is 3.24. The molecule has 0 saturated carbocycles. The van der Waals surface area contributed by atoms with Gasteiger partial charge in [0.05, 0.1) is 17.1 Å². The highest BCUT2D eigenvalue weighted by Crippen LogP contribution is 2.20. The number of aromatic nitrogens is 2. The summed E-state index contributed by atoms with van der Waals surface area (Å²) >= 11 is 4.98. The summed E-state index contributed by atoms with van der Waals surface area (Å²) in [6, 6.07) is 11.3. The number of benzene rings is 1. The third-order valence-corrected chi connectivity index (χ3v) is 4.73. The number of imidazole rings is 1. The lowest BCUT2D eigenvalue weighted by Gasteiger charge is -2.15. The van der Waals surface area contributed by atoms with Crippen molar-refractivity contribution in [3.8, 4) is 0 Å². The van der Waals surface area contributed by atoms with Gasteiger partial charge < -0.3 is 14.7 Å². The summed E-state index contributed by atoms with van der Waals surface area (Å²) in [4.78, 5) is 20.2. The minimum absolute atomic E-state index is 0.166. The number of para-hydroxylation sites is 2. The molecule has 2 heterocycles. The quantitative estimate of drug-likeness (QED) is 0.551. The van der Waals surface area contributed by atoms with Gasteiger partial charge in [0.2, 0.25) is 5.91 Å². The maximum Gasteiger partial charge on any atom is 0.244 e. The summed E-state index contributed by atoms with van der Waals surface area (Å²) in [5.41, 5.74) is 1.87. The van der Waals surface area contributed by atoms with Crippen molar-refractivity contribution >= 4 is 50.7 Å². The Hall–Kier alpha value is -1.99. The molecule has 0 aliphatic carbocycles. The fraction of sp³-hybridized carbons (Fsp3) is 0.222. The van der Waals surface area contributed by atoms with E-state index in [-0.39, 0.29) is 11.9 Å². The first-order valence-corrected chi connectivity index (χ1v) is 10.0. The molecule has 130 valence electrons. The van der Waals surface area contributed by atoms with Gasteiger partial charge in [-0.15, -0.1) is 0 Å². The van der Waals surface area contributed by atoms with Gasteiger partial charge in [0.1, 0.15) is 11.6 Å². The second-order valence-electron chi connectivity index (χ2n) is 5.46. The molecule has 0 radical (unpaired) electrons. The number of nitrogens with one attached hydrogen (secondary N) is 2. The maximum atomic E-state index is 12.3. The number of hydrogen-bond donors (Lipinski definition) is 2. The summed E-state index contributed by atoms with van der Waals surface area (Å²) in [6.45, 7) is 0. The zero-order valence-corrected chi connectivity index (χ0v) is 16.1. The molecule has 3 aromatic rings. The standard InChI is InChI=1S/C18H18BrN3O2S/c1-25-11-10-15(18-21-13-4-2-3-5-14(13)22-18)20-17(23)9-7-12-6-8-16(19)24-12/h2-9,15H,10-11H2,1H3,(H,20,23)(H,21,22). The van der Waals surface area contributed by atoms with Gasteiger partial charge in [-0.05, 0) is 64.7 Å². The number of rotatable bonds is 7. The number of H-pyrrole nitrogens is 1. The van der Waals surface area contributed by atoms with Gasteiger partial charge in [0.25, 0.3) is 0 Å². The highest BCUT2D eigenvalue weighted by molar-refractivity contribution is 9.10. The largest absolute Gasteiger partial charge is 0.450 e. The van der Waals surface area contributed by atoms with Crippen molar-refractivity contribution in [3.05, 3.63) is 58.7 Å². The van der Waals surface area contributed by atoms with Crippen molar-refractivity contribution < 1.29 is 9.21 Å². The van der Waals surface area contributed by atoms with Crippen molar-refractivity contribution in [1.29, 1.82) is 0 Å². The molecule has 0 aliphatic rings. The minimum Gasteiger partial charge on any atom is -0.450 e. The normalized spacial score (nSPS) is 12.7. The van der Waals surface area contributed by atoms with Gasteiger partial charge in [-0.1, -0.05) is 12.1 Å². The van der Waals surface area contributed by atoms with Crippen molar-refractivity contribution in [2.75, 3.05) is 12.0 Å². The lowest BCUT2D eigenvalue weighted by molar-refractivity contribution is -0.117. The Kier molecular flexibility index (Phi) is 5.99. The number of hydrogen-bond acceptors (Lipinski definition) is 4. The van der Waals surface area contributed by atoms with Crippen molar-refractivity contribution in [1.82, 2.24) is 15.3 Å². The summed E-state index contributed by atoms with van der Waals surface area (Å²) in [5, 5.41) is 3.02. The zero-order chi connectivity index (χ0) is 17.6. The number of carbonyl (C=O) groups is 1. The Morgan fingerprint density at radius 2 is 2.24 bits per heavy atom. The van der Waals surface area contributed by atoms with E-state index in [1.807, 2.05) is 30.5 Å². The van der Waals surface area contributed by atoms with Crippen molar-refractivity contribution in [2.45, 2.75) is 12.5 Å². The highest BCUT2D eigenvalue weighted by atomic mass is 79.9. The molecule has 2 aromatic heterocycles. The van der Waals surface area contributed by atoms with Crippen LogP contribution in [0.25, 0.3) is 17.1 Å². The van der Waals surface area contributed by atoms with Crippen LogP contribution in [0.3, 0.4) is 0 Å². The van der Waals surface area contributed by atoms with E-state index in [9.17, 15) is 4.79 Å². The van der Waals surface area contributed by atoms with Gasteiger partial charge >= 0.3 is 0 Å². The molecule has 0 bridgehead atoms. The first kappa shape index (κ1) is 17.8. The van der Waals surface area contributed by atoms with E-state index in [1.165, 1.54) is 6.08 Å². The molecule has 1 aromatic carbocycles. The average molecular weight is 420 g/mol. The average Bonchev–Trinajstić information content (AvgIpc) is 3.22. The number of furan rings is 1. The van der Waals surface area contributed by atoms with Crippen LogP contribution in [0.1, 0.15) is 24.0 Å². The molecule has 0 spiro atoms. The van der Waals surface area contributed by atoms with Crippen LogP contribution >= 0.6 is 27.7 Å². The van der Waals surface area contributed by atoms with E-state index in [2.05, 4.69) is 31.2 Å². The molecule has 1 unspecified atom stereocenters. The third kappa shape index (κ3) is 4.76. The first-order chi connectivity index (χ1) is 12.2. The maximum absolute atomic E-state index is 12.3. The lowest BCUT2D eigenvalue weighted by atomic mass is 10.2. The number of amides is 1. The lowest BCUT2D eigenvalue weighted by Crippen LogP contribution is -2.28. The van der Waals surface area contributed by atoms with E-state index in [0.29, 0.717) is 10.4 Å². The molecular formula is C18H18BrN3O2S. The van der Waals surface area contributed by atoms with E-state index in [4.69, 9.17) is 4.42 Å². The Balaban J connectivity index is 1.73. The summed E-state index contributed by atoms with van der Waals surface area (Å²) in [5.74, 6) is 2.14. The Labute approximate surface area is 158 Å². The molecule has 5 nitrogen and oxygen atoms in total. The molecule has 25 heavy (non-hydrogen) atoms. The van der Waals surface area contributed by atoms with E-state index < -0.39 is 0 Å². The Bertz CT molecular complexity index is 854. The topological polar surface area (TPSA) is 70.9 Å². The van der Waals surface area contributed by atoms with Crippen LogP contribution in [0.2, 0.25) is 0 Å². The van der Waals surface area contributed by atoms with Crippen LogP contribution in [0.5, 0.6) is 0 Å². The molecule has 1 amide bonds. The highest BCUT2D eigenvalue weighted by Gasteiger charge is 2.17. The Morgan fingerprint density at radius 1 is 1.40 bits per heavy atom. The van der Waals surface area contributed by atoms with Gasteiger partial charge in [-0.2, -0.15) is 11.8 Å². The van der Waals surface area contributed by atoms with Crippen LogP contribution in [-0.2, 0) is 4.79 Å². The first-order valence-electron chi connectivity index (χ1n) is 7.83. The van der Waals surface area contributed by atoms with Crippen LogP contribution in [0.15, 0.2) is 51.6 Å². The second kappa shape index (κ2) is 8.40. The number of thioether (sulfide) groups is 1. The molecule has 0 aliphatic heterocycles. The predicted octanol–water partition coefficient (Wildman–Crippen LogP) is 4.54. The van der Waals surface area contributed by atoms with Crippen LogP contribution in [0, 0.1) is 0 Å². The summed E-state index contributed by atoms with van der Waals surface area (Å²) in [6.07, 6.45) is 5.96. The van der Waals surface area contributed by atoms with E-state index in [1.54, 1.807) is 30.0 Å². The smallest absolute Gasteiger partial charge is 0.244 e. The van der Waals surface area contributed by atoms with Gasteiger partial charge in [0, 0.05) is 6.08 Å². The zero-order valence-electron chi connectivity index (χ0n) is 13.7. The molecule has 3 rings (SSSR count). The fourth-order valence-electron chi connectivity index (χ4n) is 2.45. The monoisotopic (exact) mass is 419 g/mol. The molecular weight excluding hydrogens is 402 g/mol. The summed E-state index contributed by atoms with van der Waals surface area (Å²) < 4.78 is 5.99. The van der Waals surface area contributed by atoms with Crippen LogP contribution in [0.4, 0.5) is 0 Å². The molecule has 1 atom stereocenters. The molecule has 7 heteroatoms. The number of fused-ring (bicyclic) bond motifs is 1. The number of aromatic amines is 1. The molecule has 0 fully saturated rings. The van der Waals surface area contributed by atoms with E-state index in [0.717, 1.165) is 29.0 Å². The van der Waals surface area contributed by atoms with Crippen LogP contribution < -0.4 is 5.32 Å². The number of carbonyl (C=O) groups excluding carboxylic acids is 1. The SMILES string of the molecule is CSCCC(NC(=O)C=Cc1ccc(Br)o1)c1nc2ccccc2[nH]1. The van der Waals surface area contributed by atoms with E-state index >= 15 is 0 Å². The number of halogens is 1. The molecule has 2 N–H and O–H groups in total. The Morgan fingerprint density at radius 3 is 2.96 bits per heavy atom. The van der Waals surface area contributed by atoms with Crippen LogP contribution in [-0.4, -0.2) is 27.9 Å².